The highest BCUT2D eigenvalue weighted by molar-refractivity contribution is 6.32. The molecule has 0 bridgehead atoms. The number of morpholine rings is 1. The molecule has 6 aromatic carbocycles. The lowest BCUT2D eigenvalue weighted by Gasteiger charge is -2.38. The second-order valence-corrected chi connectivity index (χ2v) is 40.5. The first kappa shape index (κ1) is 111. The topological polar surface area (TPSA) is 181 Å². The standard InChI is InChI=1S/C19H29ClN2O.2C18H27ClN2O.2C17H24ClNO2.C16H22ClNO2/c1-14(2)19(23)18(16-5-7-17(20)8-6-16)13-21-9-11-22(12-10-21)15(3)4;2*1-4-20-9-11-21(12-10-20)13-17(18(22)14(2)3)15-5-7-16(19)8-6-15;2*1-12(2)17(21)16(13-3-5-14(18)6-4-13)11-19-9-7-15(20)8-10-19;1-12(2)16(19)15(11-18-7-9-20-10-8-18)13-3-5-14(17)6-4-13/h5-8,14-15,18H,9-13H2,1-4H3;2*5-8,14,17H,4,9-13H2,1-3H3;2*3-6,12,15-16,20H,7-11H2,1-2H3;3-6,12,15H,7-11H2,1-2H3/t18-;17-;;2*16-;15-/m01.100/s1. The van der Waals surface area contributed by atoms with Gasteiger partial charge in [0, 0.05) is 229 Å². The fourth-order valence-electron chi connectivity index (χ4n) is 17.3. The smallest absolute Gasteiger partial charge is 0.144 e. The van der Waals surface area contributed by atoms with Crippen LogP contribution in [0.4, 0.5) is 0 Å². The van der Waals surface area contributed by atoms with E-state index < -0.39 is 0 Å². The number of rotatable bonds is 33. The van der Waals surface area contributed by atoms with Crippen LogP contribution in [-0.2, 0) is 33.5 Å². The Kier molecular flexibility index (Phi) is 49.3. The summed E-state index contributed by atoms with van der Waals surface area (Å²) in [5.74, 6) is 1.54. The van der Waals surface area contributed by atoms with Crippen LogP contribution in [0.2, 0.25) is 30.1 Å². The number of ketones is 6. The van der Waals surface area contributed by atoms with Crippen molar-refractivity contribution in [1.82, 2.24) is 44.1 Å². The minimum absolute atomic E-state index is 0.0149. The molecule has 0 aliphatic carbocycles. The highest BCUT2D eigenvalue weighted by atomic mass is 35.5. The van der Waals surface area contributed by atoms with E-state index in [1.54, 1.807) is 0 Å². The third-order valence-corrected chi connectivity index (χ3v) is 27.4. The highest BCUT2D eigenvalue weighted by Crippen LogP contribution is 2.33. The number of ether oxygens (including phenoxy) is 1. The van der Waals surface area contributed by atoms with Crippen LogP contribution in [0.15, 0.2) is 146 Å². The van der Waals surface area contributed by atoms with Crippen molar-refractivity contribution in [3.8, 4) is 0 Å². The number of carbonyl (C=O) groups excluding carboxylic acids is 6. The van der Waals surface area contributed by atoms with Crippen molar-refractivity contribution in [2.24, 2.45) is 35.5 Å². The van der Waals surface area contributed by atoms with Crippen LogP contribution in [0.25, 0.3) is 0 Å². The van der Waals surface area contributed by atoms with E-state index in [9.17, 15) is 39.0 Å². The van der Waals surface area contributed by atoms with Gasteiger partial charge in [0.1, 0.15) is 34.7 Å². The molecule has 0 aromatic heterocycles. The maximum Gasteiger partial charge on any atom is 0.144 e. The molecule has 6 saturated heterocycles. The number of aliphatic hydroxyl groups is 2. The summed E-state index contributed by atoms with van der Waals surface area (Å²) in [7, 11) is 0. The summed E-state index contributed by atoms with van der Waals surface area (Å²) >= 11 is 35.8. The second-order valence-electron chi connectivity index (χ2n) is 37.8. The van der Waals surface area contributed by atoms with Crippen molar-refractivity contribution < 1.29 is 43.7 Å². The van der Waals surface area contributed by atoms with Gasteiger partial charge >= 0.3 is 0 Å². The van der Waals surface area contributed by atoms with Crippen molar-refractivity contribution in [2.75, 3.05) is 183 Å². The van der Waals surface area contributed by atoms with Crippen LogP contribution in [0.1, 0.15) is 205 Å². The molecule has 24 heteroatoms. The molecular formula is C105H153Cl6N9O9. The SMILES string of the molecule is CC(C)C(=O)[C@@H](CN1CCC(O)CC1)c1ccc(Cl)cc1.CC(C)C(=O)[C@@H](CN1CCN(C(C)C)CC1)c1ccc(Cl)cc1.CC(C)C(=O)[C@@H](CN1CCOCC1)c1ccc(Cl)cc1.CC(C)C(=O)[C@H](CN1CCC(O)CC1)c1ccc(Cl)cc1.CCN1CCN(CC(C(=O)C(C)C)c2ccc(Cl)cc2)CC1.CCN1CCN(C[C@@H](C(=O)C(C)C)c2ccc(Cl)cc2)CC1. The first-order valence-electron chi connectivity index (χ1n) is 47.6. The van der Waals surface area contributed by atoms with E-state index in [1.165, 1.54) is 0 Å². The first-order chi connectivity index (χ1) is 61.4. The van der Waals surface area contributed by atoms with Gasteiger partial charge in [-0.15, -0.1) is 0 Å². The molecule has 6 atom stereocenters. The minimum Gasteiger partial charge on any atom is -0.393 e. The molecule has 0 radical (unpaired) electrons. The Morgan fingerprint density at radius 1 is 0.264 bits per heavy atom. The van der Waals surface area contributed by atoms with Crippen molar-refractivity contribution in [1.29, 1.82) is 0 Å². The molecule has 129 heavy (non-hydrogen) atoms. The van der Waals surface area contributed by atoms with Gasteiger partial charge in [-0.2, -0.15) is 0 Å². The van der Waals surface area contributed by atoms with Crippen LogP contribution < -0.4 is 0 Å². The Bertz CT molecular complexity index is 4050. The molecule has 714 valence electrons. The predicted molar refractivity (Wildman–Crippen MR) is 535 cm³/mol. The molecule has 6 aromatic rings. The number of aliphatic hydroxyl groups excluding tert-OH is 2. The van der Waals surface area contributed by atoms with Crippen LogP contribution >= 0.6 is 69.6 Å². The van der Waals surface area contributed by atoms with E-state index in [4.69, 9.17) is 74.3 Å². The first-order valence-corrected chi connectivity index (χ1v) is 49.9. The Morgan fingerprint density at radius 3 is 0.597 bits per heavy atom. The molecule has 0 amide bonds. The normalized spacial score (nSPS) is 18.6. The molecule has 12 rings (SSSR count). The molecular weight excluding hydrogens is 1740 g/mol. The molecule has 0 spiro atoms. The fourth-order valence-corrected chi connectivity index (χ4v) is 18.1. The number of likely N-dealkylation sites (N-methyl/N-ethyl adjacent to an activating group) is 2. The van der Waals surface area contributed by atoms with Crippen molar-refractivity contribution in [2.45, 2.75) is 190 Å². The fraction of sp³-hybridized carbons (Fsp3) is 0.600. The van der Waals surface area contributed by atoms with Gasteiger partial charge in [0.15, 0.2) is 0 Å². The van der Waals surface area contributed by atoms with Gasteiger partial charge in [-0.25, -0.2) is 0 Å². The summed E-state index contributed by atoms with van der Waals surface area (Å²) in [4.78, 5) is 97.2. The zero-order chi connectivity index (χ0) is 94.6. The molecule has 18 nitrogen and oxygen atoms in total. The van der Waals surface area contributed by atoms with Crippen molar-refractivity contribution in [3.63, 3.8) is 0 Å². The second kappa shape index (κ2) is 57.5. The van der Waals surface area contributed by atoms with Gasteiger partial charge in [-0.05, 0) is 159 Å². The van der Waals surface area contributed by atoms with Crippen LogP contribution in [0.5, 0.6) is 0 Å². The molecule has 6 aliphatic rings. The number of likely N-dealkylation sites (tertiary alicyclic amines) is 2. The minimum atomic E-state index is -0.184. The number of carbonyl (C=O) groups is 6. The summed E-state index contributed by atoms with van der Waals surface area (Å²) in [6.07, 6.45) is 2.81. The lowest BCUT2D eigenvalue weighted by molar-refractivity contribution is -0.124. The summed E-state index contributed by atoms with van der Waals surface area (Å²) in [6, 6.07) is 46.7. The van der Waals surface area contributed by atoms with E-state index in [1.807, 2.05) is 229 Å². The molecule has 0 saturated carbocycles. The van der Waals surface area contributed by atoms with E-state index >= 15 is 0 Å². The lowest BCUT2D eigenvalue weighted by Crippen LogP contribution is -2.50. The molecule has 1 unspecified atom stereocenters. The Morgan fingerprint density at radius 2 is 0.426 bits per heavy atom. The van der Waals surface area contributed by atoms with Gasteiger partial charge in [-0.3, -0.25) is 53.3 Å². The predicted octanol–water partition coefficient (Wildman–Crippen LogP) is 19.4. The number of benzene rings is 6. The molecule has 6 heterocycles. The Balaban J connectivity index is 0.000000212. The van der Waals surface area contributed by atoms with Crippen molar-refractivity contribution in [3.05, 3.63) is 209 Å². The third-order valence-electron chi connectivity index (χ3n) is 25.9. The van der Waals surface area contributed by atoms with E-state index in [0.717, 1.165) is 258 Å². The average molecular weight is 1900 g/mol. The van der Waals surface area contributed by atoms with E-state index in [0.29, 0.717) is 44.2 Å². The summed E-state index contributed by atoms with van der Waals surface area (Å²) in [5.41, 5.74) is 6.37. The zero-order valence-electron chi connectivity index (χ0n) is 80.2. The van der Waals surface area contributed by atoms with E-state index in [-0.39, 0.29) is 94.8 Å². The van der Waals surface area contributed by atoms with Crippen LogP contribution in [0, 0.1) is 35.5 Å². The number of hydrogen-bond acceptors (Lipinski definition) is 18. The summed E-state index contributed by atoms with van der Waals surface area (Å²) in [5, 5.41) is 23.4. The molecule has 6 aliphatic heterocycles. The number of Topliss-reactive ketones (excluding diaryl/α,β-unsaturated/α-hetero) is 6. The summed E-state index contributed by atoms with van der Waals surface area (Å²) in [6.45, 7) is 59.0. The summed E-state index contributed by atoms with van der Waals surface area (Å²) < 4.78 is 5.37. The quantitative estimate of drug-likeness (QED) is 0.0397. The van der Waals surface area contributed by atoms with Crippen molar-refractivity contribution >= 4 is 104 Å². The Labute approximate surface area is 804 Å². The zero-order valence-corrected chi connectivity index (χ0v) is 84.7. The van der Waals surface area contributed by atoms with Gasteiger partial charge in [0.05, 0.1) is 60.9 Å². The maximum absolute atomic E-state index is 12.7. The number of nitrogens with zero attached hydrogens (tertiary/aromatic N) is 9. The third kappa shape index (κ3) is 38.0. The largest absolute Gasteiger partial charge is 0.393 e. The maximum atomic E-state index is 12.7. The molecule has 6 fully saturated rings. The highest BCUT2D eigenvalue weighted by Gasteiger charge is 2.35. The number of halogens is 6. The van der Waals surface area contributed by atoms with E-state index in [2.05, 4.69) is 71.8 Å². The van der Waals surface area contributed by atoms with Gasteiger partial charge < -0.3 is 34.5 Å². The Hall–Kier alpha value is -5.40. The van der Waals surface area contributed by atoms with Gasteiger partial charge in [-0.1, -0.05) is 239 Å². The van der Waals surface area contributed by atoms with Crippen LogP contribution in [0.3, 0.4) is 0 Å². The monoisotopic (exact) mass is 1890 g/mol. The van der Waals surface area contributed by atoms with Gasteiger partial charge in [0.2, 0.25) is 0 Å². The average Bonchev–Trinajstić information content (AvgIpc) is 0.899. The number of piperazine rings is 3. The number of piperidine rings is 2. The van der Waals surface area contributed by atoms with Crippen LogP contribution in [-0.4, -0.2) is 291 Å². The number of hydrogen-bond donors (Lipinski definition) is 2. The van der Waals surface area contributed by atoms with Gasteiger partial charge in [0.25, 0.3) is 0 Å². The molecule has 2 N–H and O–H groups in total. The lowest BCUT2D eigenvalue weighted by atomic mass is 9.88.